The van der Waals surface area contributed by atoms with Crippen molar-refractivity contribution in [2.24, 2.45) is 5.41 Å². The van der Waals surface area contributed by atoms with E-state index in [1.54, 1.807) is 0 Å². The molecular formula is C15H19N3O3. The summed E-state index contributed by atoms with van der Waals surface area (Å²) in [6.07, 6.45) is 0.738. The van der Waals surface area contributed by atoms with Crippen LogP contribution in [0.1, 0.15) is 35.6 Å². The van der Waals surface area contributed by atoms with Gasteiger partial charge in [0.15, 0.2) is 0 Å². The predicted molar refractivity (Wildman–Crippen MR) is 77.2 cm³/mol. The van der Waals surface area contributed by atoms with E-state index >= 15 is 0 Å². The van der Waals surface area contributed by atoms with E-state index in [-0.39, 0.29) is 11.3 Å². The summed E-state index contributed by atoms with van der Waals surface area (Å²) in [7, 11) is 0. The molecule has 6 heteroatoms. The third-order valence-electron chi connectivity index (χ3n) is 3.85. The summed E-state index contributed by atoms with van der Waals surface area (Å²) in [4.78, 5) is 16.9. The highest BCUT2D eigenvalue weighted by atomic mass is 16.5. The molecule has 1 saturated heterocycles. The summed E-state index contributed by atoms with van der Waals surface area (Å²) < 4.78 is 10.4. The van der Waals surface area contributed by atoms with Crippen LogP contribution < -0.4 is 5.32 Å². The Kier molecular flexibility index (Phi) is 3.41. The van der Waals surface area contributed by atoms with Crippen molar-refractivity contribution in [1.82, 2.24) is 15.5 Å². The average Bonchev–Trinajstić information content (AvgIpc) is 2.83. The fourth-order valence-corrected chi connectivity index (χ4v) is 2.45. The van der Waals surface area contributed by atoms with Crippen molar-refractivity contribution in [2.75, 3.05) is 19.8 Å². The number of nitrogens with zero attached hydrogens (tertiary/aromatic N) is 2. The fourth-order valence-electron chi connectivity index (χ4n) is 2.45. The number of fused-ring (bicyclic) bond motifs is 1. The van der Waals surface area contributed by atoms with Crippen LogP contribution in [0.4, 0.5) is 0 Å². The largest absolute Gasteiger partial charge is 0.380 e. The van der Waals surface area contributed by atoms with Crippen LogP contribution >= 0.6 is 0 Å². The van der Waals surface area contributed by atoms with E-state index in [0.29, 0.717) is 42.1 Å². The van der Waals surface area contributed by atoms with E-state index in [1.807, 2.05) is 19.9 Å². The minimum absolute atomic E-state index is 0.0408. The fraction of sp³-hybridized carbons (Fsp3) is 0.533. The van der Waals surface area contributed by atoms with Crippen molar-refractivity contribution in [3.63, 3.8) is 0 Å². The van der Waals surface area contributed by atoms with Crippen LogP contribution in [0.2, 0.25) is 0 Å². The molecule has 112 valence electrons. The summed E-state index contributed by atoms with van der Waals surface area (Å²) in [6, 6.07) is 1.82. The minimum atomic E-state index is -0.114. The lowest BCUT2D eigenvalue weighted by molar-refractivity contribution is -0.0978. The van der Waals surface area contributed by atoms with Crippen molar-refractivity contribution in [1.29, 1.82) is 0 Å². The number of rotatable bonds is 4. The molecule has 0 atom stereocenters. The van der Waals surface area contributed by atoms with Gasteiger partial charge in [-0.25, -0.2) is 4.98 Å². The first kappa shape index (κ1) is 14.0. The summed E-state index contributed by atoms with van der Waals surface area (Å²) in [6.45, 7) is 7.88. The summed E-state index contributed by atoms with van der Waals surface area (Å²) in [5.41, 5.74) is 2.55. The third kappa shape index (κ3) is 2.51. The maximum absolute atomic E-state index is 12.5. The van der Waals surface area contributed by atoms with Crippen LogP contribution in [0.25, 0.3) is 11.1 Å². The lowest BCUT2D eigenvalue weighted by atomic mass is 9.88. The molecular weight excluding hydrogens is 270 g/mol. The van der Waals surface area contributed by atoms with Gasteiger partial charge in [0.25, 0.3) is 11.6 Å². The standard InChI is InChI=1S/C15H19N3O3/c1-4-10-5-11(12-9(2)18-21-14(12)17-10)13(19)16-6-15(3)7-20-8-15/h5H,4,6-8H2,1-3H3,(H,16,19). The normalized spacial score (nSPS) is 16.7. The summed E-state index contributed by atoms with van der Waals surface area (Å²) in [5.74, 6) is -0.114. The molecule has 1 N–H and O–H groups in total. The number of pyridine rings is 1. The molecule has 1 amide bonds. The highest BCUT2D eigenvalue weighted by Crippen LogP contribution is 2.26. The molecule has 3 rings (SSSR count). The van der Waals surface area contributed by atoms with Gasteiger partial charge in [0.05, 0.1) is 29.9 Å². The first-order valence-electron chi connectivity index (χ1n) is 7.14. The number of carbonyl (C=O) groups excluding carboxylic acids is 1. The quantitative estimate of drug-likeness (QED) is 0.929. The van der Waals surface area contributed by atoms with Crippen LogP contribution in [-0.4, -0.2) is 35.8 Å². The van der Waals surface area contributed by atoms with Gasteiger partial charge in [0.1, 0.15) is 0 Å². The maximum atomic E-state index is 12.5. The molecule has 1 fully saturated rings. The number of aryl methyl sites for hydroxylation is 2. The van der Waals surface area contributed by atoms with Crippen LogP contribution in [0.5, 0.6) is 0 Å². The van der Waals surface area contributed by atoms with Crippen molar-refractivity contribution < 1.29 is 14.1 Å². The lowest BCUT2D eigenvalue weighted by Crippen LogP contribution is -2.48. The summed E-state index contributed by atoms with van der Waals surface area (Å²) in [5, 5.41) is 7.59. The minimum Gasteiger partial charge on any atom is -0.380 e. The van der Waals surface area contributed by atoms with Crippen molar-refractivity contribution in [3.05, 3.63) is 23.0 Å². The first-order valence-corrected chi connectivity index (χ1v) is 7.14. The molecule has 6 nitrogen and oxygen atoms in total. The van der Waals surface area contributed by atoms with Crippen LogP contribution in [0, 0.1) is 12.3 Å². The topological polar surface area (TPSA) is 77.2 Å². The lowest BCUT2D eigenvalue weighted by Gasteiger charge is -2.38. The van der Waals surface area contributed by atoms with Crippen LogP contribution in [-0.2, 0) is 11.2 Å². The number of ether oxygens (including phenoxy) is 1. The SMILES string of the molecule is CCc1cc(C(=O)NCC2(C)COC2)c2c(C)noc2n1. The number of hydrogen-bond acceptors (Lipinski definition) is 5. The van der Waals surface area contributed by atoms with E-state index < -0.39 is 0 Å². The van der Waals surface area contributed by atoms with Gasteiger partial charge in [0, 0.05) is 17.7 Å². The van der Waals surface area contributed by atoms with Gasteiger partial charge in [-0.15, -0.1) is 0 Å². The molecule has 0 aromatic carbocycles. The summed E-state index contributed by atoms with van der Waals surface area (Å²) >= 11 is 0. The number of aromatic nitrogens is 2. The second-order valence-corrected chi connectivity index (χ2v) is 5.95. The van der Waals surface area contributed by atoms with Crippen LogP contribution in [0.15, 0.2) is 10.6 Å². The first-order chi connectivity index (χ1) is 10.0. The average molecular weight is 289 g/mol. The zero-order chi connectivity index (χ0) is 15.0. The van der Waals surface area contributed by atoms with Gasteiger partial charge >= 0.3 is 0 Å². The Hall–Kier alpha value is -1.95. The van der Waals surface area contributed by atoms with Crippen molar-refractivity contribution in [2.45, 2.75) is 27.2 Å². The number of carbonyl (C=O) groups is 1. The van der Waals surface area contributed by atoms with Gasteiger partial charge in [-0.2, -0.15) is 0 Å². The maximum Gasteiger partial charge on any atom is 0.258 e. The third-order valence-corrected chi connectivity index (χ3v) is 3.85. The Morgan fingerprint density at radius 1 is 1.48 bits per heavy atom. The van der Waals surface area contributed by atoms with Gasteiger partial charge < -0.3 is 14.6 Å². The molecule has 0 radical (unpaired) electrons. The molecule has 1 aliphatic rings. The molecule has 0 bridgehead atoms. The molecule has 0 aliphatic carbocycles. The Labute approximate surface area is 122 Å². The Balaban J connectivity index is 1.90. The zero-order valence-corrected chi connectivity index (χ0v) is 12.5. The zero-order valence-electron chi connectivity index (χ0n) is 12.5. The van der Waals surface area contributed by atoms with Gasteiger partial charge in [0.2, 0.25) is 0 Å². The van der Waals surface area contributed by atoms with E-state index in [1.165, 1.54) is 0 Å². The second kappa shape index (κ2) is 5.11. The van der Waals surface area contributed by atoms with Crippen molar-refractivity contribution >= 4 is 17.0 Å². The number of nitrogens with one attached hydrogen (secondary N) is 1. The molecule has 0 spiro atoms. The van der Waals surface area contributed by atoms with E-state index in [2.05, 4.69) is 22.4 Å². The number of amides is 1. The molecule has 0 saturated carbocycles. The molecule has 0 unspecified atom stereocenters. The van der Waals surface area contributed by atoms with Gasteiger partial charge in [-0.05, 0) is 19.4 Å². The van der Waals surface area contributed by atoms with Gasteiger partial charge in [-0.3, -0.25) is 4.79 Å². The molecule has 3 heterocycles. The van der Waals surface area contributed by atoms with E-state index in [9.17, 15) is 4.79 Å². The molecule has 2 aromatic rings. The van der Waals surface area contributed by atoms with E-state index in [0.717, 1.165) is 12.1 Å². The second-order valence-electron chi connectivity index (χ2n) is 5.95. The smallest absolute Gasteiger partial charge is 0.258 e. The Bertz CT molecular complexity index is 689. The number of hydrogen-bond donors (Lipinski definition) is 1. The van der Waals surface area contributed by atoms with Gasteiger partial charge in [-0.1, -0.05) is 19.0 Å². The molecule has 2 aromatic heterocycles. The highest BCUT2D eigenvalue weighted by molar-refractivity contribution is 6.06. The Morgan fingerprint density at radius 2 is 2.24 bits per heavy atom. The highest BCUT2D eigenvalue weighted by Gasteiger charge is 2.33. The van der Waals surface area contributed by atoms with E-state index in [4.69, 9.17) is 9.26 Å². The predicted octanol–water partition coefficient (Wildman–Crippen LogP) is 1.86. The molecule has 21 heavy (non-hydrogen) atoms. The van der Waals surface area contributed by atoms with Crippen LogP contribution in [0.3, 0.4) is 0 Å². The molecule has 1 aliphatic heterocycles. The monoisotopic (exact) mass is 289 g/mol. The van der Waals surface area contributed by atoms with Crippen molar-refractivity contribution in [3.8, 4) is 0 Å². The Morgan fingerprint density at radius 3 is 2.86 bits per heavy atom.